The number of aromatic amines is 1. The molecule has 0 aliphatic carbocycles. The molecular formula is C23H15F6N5O4. The third kappa shape index (κ3) is 5.30. The van der Waals surface area contributed by atoms with Gasteiger partial charge in [0.1, 0.15) is 0 Å². The van der Waals surface area contributed by atoms with Crippen molar-refractivity contribution in [2.75, 3.05) is 5.43 Å². The molecule has 9 nitrogen and oxygen atoms in total. The van der Waals surface area contributed by atoms with E-state index in [9.17, 15) is 45.5 Å². The van der Waals surface area contributed by atoms with Gasteiger partial charge in [-0.3, -0.25) is 24.6 Å². The second-order valence-electron chi connectivity index (χ2n) is 7.89. The summed E-state index contributed by atoms with van der Waals surface area (Å²) in [5.74, 6) is -3.06. The number of rotatable bonds is 5. The highest BCUT2D eigenvalue weighted by atomic mass is 19.4. The molecule has 4 aromatic rings. The van der Waals surface area contributed by atoms with Crippen LogP contribution in [-0.4, -0.2) is 32.2 Å². The van der Waals surface area contributed by atoms with Crippen LogP contribution in [0.2, 0.25) is 0 Å². The number of carbonyl (C=O) groups is 2. The highest BCUT2D eigenvalue weighted by Gasteiger charge is 2.38. The predicted molar refractivity (Wildman–Crippen MR) is 121 cm³/mol. The minimum Gasteiger partial charge on any atom is -0.344 e. The lowest BCUT2D eigenvalue weighted by Gasteiger charge is -2.17. The molecule has 0 atom stereocenters. The van der Waals surface area contributed by atoms with E-state index in [0.717, 1.165) is 23.0 Å². The third-order valence-corrected chi connectivity index (χ3v) is 5.30. The molecule has 2 heterocycles. The summed E-state index contributed by atoms with van der Waals surface area (Å²) in [6, 6.07) is 10.1. The molecule has 38 heavy (non-hydrogen) atoms. The van der Waals surface area contributed by atoms with Crippen molar-refractivity contribution < 1.29 is 35.9 Å². The van der Waals surface area contributed by atoms with Crippen LogP contribution in [0.1, 0.15) is 21.5 Å². The van der Waals surface area contributed by atoms with Crippen molar-refractivity contribution in [1.29, 1.82) is 0 Å². The van der Waals surface area contributed by atoms with Gasteiger partial charge in [0.05, 0.1) is 22.3 Å². The van der Waals surface area contributed by atoms with E-state index in [2.05, 4.69) is 10.4 Å². The fourth-order valence-corrected chi connectivity index (χ4v) is 3.53. The fourth-order valence-electron chi connectivity index (χ4n) is 3.53. The summed E-state index contributed by atoms with van der Waals surface area (Å²) in [5, 5.41) is 1.61. The number of fused-ring (bicyclic) bond motifs is 1. The van der Waals surface area contributed by atoms with Gasteiger partial charge in [-0.2, -0.15) is 26.3 Å². The van der Waals surface area contributed by atoms with Gasteiger partial charge in [0.25, 0.3) is 5.91 Å². The molecule has 4 rings (SSSR count). The summed E-state index contributed by atoms with van der Waals surface area (Å²) in [7, 11) is 0. The van der Waals surface area contributed by atoms with E-state index in [-0.39, 0.29) is 16.6 Å². The quantitative estimate of drug-likeness (QED) is 0.267. The van der Waals surface area contributed by atoms with Crippen LogP contribution in [-0.2, 0) is 17.5 Å². The molecule has 0 radical (unpaired) electrons. The van der Waals surface area contributed by atoms with Gasteiger partial charge in [0.15, 0.2) is 0 Å². The Balaban J connectivity index is 1.82. The van der Waals surface area contributed by atoms with Crippen LogP contribution >= 0.6 is 0 Å². The lowest BCUT2D eigenvalue weighted by molar-refractivity contribution is -0.173. The average molecular weight is 539 g/mol. The molecule has 2 amide bonds. The van der Waals surface area contributed by atoms with E-state index in [1.165, 1.54) is 30.3 Å². The molecule has 2 aromatic heterocycles. The number of hydrogen-bond donors (Lipinski definition) is 3. The van der Waals surface area contributed by atoms with Crippen LogP contribution in [0, 0.1) is 0 Å². The van der Waals surface area contributed by atoms with Crippen molar-refractivity contribution in [1.82, 2.24) is 19.5 Å². The van der Waals surface area contributed by atoms with Gasteiger partial charge in [0.2, 0.25) is 0 Å². The van der Waals surface area contributed by atoms with Gasteiger partial charge in [-0.15, -0.1) is 0 Å². The first kappa shape index (κ1) is 26.2. The van der Waals surface area contributed by atoms with Crippen molar-refractivity contribution in [3.8, 4) is 5.69 Å². The molecule has 0 saturated carbocycles. The van der Waals surface area contributed by atoms with Gasteiger partial charge in [0, 0.05) is 24.5 Å². The summed E-state index contributed by atoms with van der Waals surface area (Å²) in [5.41, 5.74) is -2.82. The van der Waals surface area contributed by atoms with Gasteiger partial charge >= 0.3 is 29.4 Å². The average Bonchev–Trinajstić information content (AvgIpc) is 3.33. The Bertz CT molecular complexity index is 1650. The Kier molecular flexibility index (Phi) is 6.61. The van der Waals surface area contributed by atoms with Crippen LogP contribution in [0.25, 0.3) is 16.7 Å². The van der Waals surface area contributed by atoms with Crippen LogP contribution in [0.15, 0.2) is 70.5 Å². The van der Waals surface area contributed by atoms with E-state index in [1.807, 2.05) is 0 Å². The van der Waals surface area contributed by atoms with Gasteiger partial charge in [-0.05, 0) is 35.9 Å². The van der Waals surface area contributed by atoms with E-state index in [4.69, 9.17) is 0 Å². The van der Waals surface area contributed by atoms with Crippen LogP contribution in [0.4, 0.5) is 26.3 Å². The Hall–Kier alpha value is -4.82. The Morgan fingerprint density at radius 3 is 2.26 bits per heavy atom. The number of halogens is 6. The zero-order chi connectivity index (χ0) is 27.8. The molecule has 0 saturated heterocycles. The van der Waals surface area contributed by atoms with Crippen LogP contribution in [0.5, 0.6) is 0 Å². The number of aromatic nitrogens is 3. The topological polar surface area (TPSA) is 118 Å². The monoisotopic (exact) mass is 539 g/mol. The van der Waals surface area contributed by atoms with Crippen molar-refractivity contribution >= 4 is 22.8 Å². The third-order valence-electron chi connectivity index (χ3n) is 5.30. The number of alkyl halides is 6. The van der Waals surface area contributed by atoms with E-state index in [0.29, 0.717) is 10.7 Å². The second-order valence-corrected chi connectivity index (χ2v) is 7.89. The maximum atomic E-state index is 13.9. The normalized spacial score (nSPS) is 11.9. The maximum Gasteiger partial charge on any atom is 0.471 e. The first-order valence-electron chi connectivity index (χ1n) is 10.5. The van der Waals surface area contributed by atoms with E-state index < -0.39 is 58.6 Å². The smallest absolute Gasteiger partial charge is 0.344 e. The molecular weight excluding hydrogens is 524 g/mol. The Morgan fingerprint density at radius 1 is 0.947 bits per heavy atom. The van der Waals surface area contributed by atoms with Crippen molar-refractivity contribution in [2.45, 2.75) is 18.9 Å². The molecule has 0 aliphatic rings. The van der Waals surface area contributed by atoms with Crippen LogP contribution in [0.3, 0.4) is 0 Å². The molecule has 2 aromatic carbocycles. The summed E-state index contributed by atoms with van der Waals surface area (Å²) in [6.07, 6.45) is -7.97. The standard InChI is InChI=1S/C23H15F6N5O4/c24-22(25,26)14-8-15-17(9-16(14)33-7-6-12(11-33)10-30-21(38)23(27,28)29)34(20(37)19(36)31-15)32-18(35)13-4-2-1-3-5-13/h1-9,11H,10H2,(H,30,38)(H,31,36)(H,32,35). The van der Waals surface area contributed by atoms with Crippen molar-refractivity contribution in [2.24, 2.45) is 0 Å². The van der Waals surface area contributed by atoms with Crippen LogP contribution < -0.4 is 21.9 Å². The Labute approximate surface area is 207 Å². The van der Waals surface area contributed by atoms with Gasteiger partial charge < -0.3 is 14.9 Å². The highest BCUT2D eigenvalue weighted by Crippen LogP contribution is 2.36. The van der Waals surface area contributed by atoms with Crippen molar-refractivity contribution in [3.05, 3.63) is 98.3 Å². The number of H-pyrrole nitrogens is 1. The SMILES string of the molecule is O=C(Nn1c(=O)c(=O)[nH]c2cc(C(F)(F)F)c(-n3ccc(CNC(=O)C(F)(F)F)c3)cc21)c1ccccc1. The summed E-state index contributed by atoms with van der Waals surface area (Å²) < 4.78 is 80.5. The first-order chi connectivity index (χ1) is 17.8. The molecule has 0 aliphatic heterocycles. The summed E-state index contributed by atoms with van der Waals surface area (Å²) in [4.78, 5) is 50.4. The molecule has 0 unspecified atom stereocenters. The van der Waals surface area contributed by atoms with Gasteiger partial charge in [-0.25, -0.2) is 4.68 Å². The Morgan fingerprint density at radius 2 is 1.63 bits per heavy atom. The first-order valence-corrected chi connectivity index (χ1v) is 10.5. The molecule has 3 N–H and O–H groups in total. The number of amides is 2. The molecule has 15 heteroatoms. The second kappa shape index (κ2) is 9.57. The summed E-state index contributed by atoms with van der Waals surface area (Å²) >= 11 is 0. The van der Waals surface area contributed by atoms with Gasteiger partial charge in [-0.1, -0.05) is 18.2 Å². The number of hydrogen-bond acceptors (Lipinski definition) is 4. The number of carbonyl (C=O) groups excluding carboxylic acids is 2. The molecule has 198 valence electrons. The molecule has 0 bridgehead atoms. The molecule has 0 fully saturated rings. The number of benzene rings is 2. The fraction of sp³-hybridized carbons (Fsp3) is 0.130. The number of nitrogens with zero attached hydrogens (tertiary/aromatic N) is 2. The molecule has 0 spiro atoms. The lowest BCUT2D eigenvalue weighted by atomic mass is 10.1. The van der Waals surface area contributed by atoms with E-state index in [1.54, 1.807) is 11.4 Å². The minimum atomic E-state index is -5.14. The minimum absolute atomic E-state index is 0.0343. The number of nitrogens with one attached hydrogen (secondary N) is 3. The maximum absolute atomic E-state index is 13.9. The van der Waals surface area contributed by atoms with Crippen molar-refractivity contribution in [3.63, 3.8) is 0 Å². The summed E-state index contributed by atoms with van der Waals surface area (Å²) in [6.45, 7) is -0.633. The predicted octanol–water partition coefficient (Wildman–Crippen LogP) is 3.06. The lowest BCUT2D eigenvalue weighted by Crippen LogP contribution is -2.42. The zero-order valence-electron chi connectivity index (χ0n) is 18.8. The zero-order valence-corrected chi connectivity index (χ0v) is 18.8. The largest absolute Gasteiger partial charge is 0.471 e. The highest BCUT2D eigenvalue weighted by molar-refractivity contribution is 6.00. The van der Waals surface area contributed by atoms with E-state index >= 15 is 0 Å².